The highest BCUT2D eigenvalue weighted by Gasteiger charge is 2.33. The van der Waals surface area contributed by atoms with Gasteiger partial charge in [-0.2, -0.15) is 0 Å². The second-order valence-corrected chi connectivity index (χ2v) is 10.1. The number of rotatable bonds is 8. The van der Waals surface area contributed by atoms with E-state index in [1.807, 2.05) is 4.57 Å². The lowest BCUT2D eigenvalue weighted by Gasteiger charge is -2.11. The summed E-state index contributed by atoms with van der Waals surface area (Å²) in [6.45, 7) is 4.18. The number of thioether (sulfide) groups is 1. The van der Waals surface area contributed by atoms with E-state index >= 15 is 0 Å². The maximum Gasteiger partial charge on any atom is 0.234 e. The minimum absolute atomic E-state index is 0.0751. The largest absolute Gasteiger partial charge is 0.495 e. The van der Waals surface area contributed by atoms with Crippen LogP contribution in [0.1, 0.15) is 18.2 Å². The molecule has 156 valence electrons. The first-order chi connectivity index (χ1) is 13.8. The maximum absolute atomic E-state index is 12.3. The zero-order chi connectivity index (χ0) is 21.0. The summed E-state index contributed by atoms with van der Waals surface area (Å²) in [4.78, 5) is 12.3. The van der Waals surface area contributed by atoms with E-state index in [1.54, 1.807) is 24.3 Å². The first kappa shape index (κ1) is 21.7. The van der Waals surface area contributed by atoms with Crippen molar-refractivity contribution in [2.75, 3.05) is 29.7 Å². The van der Waals surface area contributed by atoms with E-state index in [-0.39, 0.29) is 29.1 Å². The van der Waals surface area contributed by atoms with E-state index < -0.39 is 9.84 Å². The Balaban J connectivity index is 1.66. The van der Waals surface area contributed by atoms with Gasteiger partial charge in [-0.1, -0.05) is 29.4 Å². The Morgan fingerprint density at radius 1 is 1.48 bits per heavy atom. The van der Waals surface area contributed by atoms with Crippen molar-refractivity contribution in [2.45, 2.75) is 24.0 Å². The Labute approximate surface area is 178 Å². The molecule has 1 N–H and O–H groups in total. The maximum atomic E-state index is 12.3. The molecule has 0 aliphatic carbocycles. The molecule has 1 fully saturated rings. The molecule has 0 spiro atoms. The van der Waals surface area contributed by atoms with Crippen LogP contribution in [0, 0.1) is 0 Å². The number of aromatic nitrogens is 3. The van der Waals surface area contributed by atoms with Crippen LogP contribution in [0.15, 0.2) is 36.0 Å². The fourth-order valence-electron chi connectivity index (χ4n) is 3.08. The number of carbonyl (C=O) groups excluding carboxylic acids is 1. The minimum Gasteiger partial charge on any atom is -0.495 e. The molecule has 1 atom stereocenters. The molecule has 0 bridgehead atoms. The summed E-state index contributed by atoms with van der Waals surface area (Å²) in [7, 11) is -1.51. The molecule has 1 aliphatic rings. The van der Waals surface area contributed by atoms with Crippen LogP contribution in [0.5, 0.6) is 5.75 Å². The van der Waals surface area contributed by atoms with Gasteiger partial charge in [-0.25, -0.2) is 8.42 Å². The number of nitrogens with zero attached hydrogens (tertiary/aromatic N) is 3. The highest BCUT2D eigenvalue weighted by atomic mass is 35.5. The molecule has 2 heterocycles. The second-order valence-electron chi connectivity index (χ2n) is 6.53. The first-order valence-corrected chi connectivity index (χ1v) is 12.0. The molecule has 3 rings (SSSR count). The van der Waals surface area contributed by atoms with Crippen molar-refractivity contribution >= 4 is 44.8 Å². The molecule has 2 aromatic rings. The van der Waals surface area contributed by atoms with E-state index in [2.05, 4.69) is 22.1 Å². The third-order valence-electron chi connectivity index (χ3n) is 4.42. The third kappa shape index (κ3) is 5.31. The van der Waals surface area contributed by atoms with Crippen LogP contribution < -0.4 is 10.1 Å². The Bertz CT molecular complexity index is 1020. The van der Waals surface area contributed by atoms with E-state index in [0.29, 0.717) is 40.4 Å². The summed E-state index contributed by atoms with van der Waals surface area (Å²) in [5.74, 6) is 1.09. The monoisotopic (exact) mass is 456 g/mol. The topological polar surface area (TPSA) is 103 Å². The quantitative estimate of drug-likeness (QED) is 0.481. The molecule has 1 aliphatic heterocycles. The number of hydrogen-bond acceptors (Lipinski definition) is 7. The summed E-state index contributed by atoms with van der Waals surface area (Å²) in [6, 6.07) is 4.99. The van der Waals surface area contributed by atoms with Crippen molar-refractivity contribution in [3.05, 3.63) is 41.7 Å². The number of carbonyl (C=O) groups is 1. The van der Waals surface area contributed by atoms with Gasteiger partial charge in [0.1, 0.15) is 11.6 Å². The van der Waals surface area contributed by atoms with Crippen LogP contribution in [-0.4, -0.2) is 53.5 Å². The summed E-state index contributed by atoms with van der Waals surface area (Å²) in [5.41, 5.74) is 0.561. The Morgan fingerprint density at radius 2 is 2.28 bits per heavy atom. The normalized spacial score (nSPS) is 17.8. The first-order valence-electron chi connectivity index (χ1n) is 8.83. The highest BCUT2D eigenvalue weighted by Crippen LogP contribution is 2.30. The number of sulfone groups is 1. The average molecular weight is 457 g/mol. The van der Waals surface area contributed by atoms with Crippen molar-refractivity contribution in [2.24, 2.45) is 0 Å². The van der Waals surface area contributed by atoms with Gasteiger partial charge in [0.25, 0.3) is 0 Å². The lowest BCUT2D eigenvalue weighted by Crippen LogP contribution is -2.15. The summed E-state index contributed by atoms with van der Waals surface area (Å²) < 4.78 is 30.5. The molecular weight excluding hydrogens is 436 g/mol. The van der Waals surface area contributed by atoms with Gasteiger partial charge in [-0.05, 0) is 24.6 Å². The van der Waals surface area contributed by atoms with Crippen LogP contribution in [0.4, 0.5) is 5.69 Å². The van der Waals surface area contributed by atoms with Crippen molar-refractivity contribution in [1.29, 1.82) is 0 Å². The molecule has 29 heavy (non-hydrogen) atoms. The van der Waals surface area contributed by atoms with Crippen LogP contribution in [0.25, 0.3) is 0 Å². The van der Waals surface area contributed by atoms with Gasteiger partial charge in [0, 0.05) is 18.2 Å². The van der Waals surface area contributed by atoms with E-state index in [0.717, 1.165) is 0 Å². The van der Waals surface area contributed by atoms with Crippen LogP contribution in [0.3, 0.4) is 0 Å². The smallest absolute Gasteiger partial charge is 0.234 e. The number of halogens is 1. The molecule has 0 radical (unpaired) electrons. The number of nitrogens with one attached hydrogen (secondary N) is 1. The number of benzene rings is 1. The summed E-state index contributed by atoms with van der Waals surface area (Å²) in [5, 5.41) is 12.1. The number of allylic oxidation sites excluding steroid dienone is 1. The van der Waals surface area contributed by atoms with Crippen LogP contribution in [-0.2, 0) is 21.2 Å². The van der Waals surface area contributed by atoms with Gasteiger partial charge in [0.05, 0.1) is 29.4 Å². The fourth-order valence-corrected chi connectivity index (χ4v) is 5.83. The van der Waals surface area contributed by atoms with Gasteiger partial charge in [0.15, 0.2) is 15.0 Å². The SMILES string of the molecule is C=CCn1c(SCC(=O)Nc2ccc(OC)c(Cl)c2)nnc1C1CCS(=O)(=O)C1. The van der Waals surface area contributed by atoms with Gasteiger partial charge in [-0.3, -0.25) is 4.79 Å². The summed E-state index contributed by atoms with van der Waals surface area (Å²) in [6.07, 6.45) is 2.22. The van der Waals surface area contributed by atoms with Crippen molar-refractivity contribution < 1.29 is 17.9 Å². The van der Waals surface area contributed by atoms with Crippen LogP contribution in [0.2, 0.25) is 5.02 Å². The molecule has 11 heteroatoms. The Morgan fingerprint density at radius 3 is 2.90 bits per heavy atom. The molecular formula is C18H21ClN4O4S2. The number of hydrogen-bond donors (Lipinski definition) is 1. The van der Waals surface area contributed by atoms with E-state index in [9.17, 15) is 13.2 Å². The molecule has 1 aromatic heterocycles. The molecule has 1 unspecified atom stereocenters. The van der Waals surface area contributed by atoms with Gasteiger partial charge >= 0.3 is 0 Å². The fraction of sp³-hybridized carbons (Fsp3) is 0.389. The Kier molecular flexibility index (Phi) is 6.86. The second kappa shape index (κ2) is 9.19. The molecule has 1 aromatic carbocycles. The molecule has 1 saturated heterocycles. The number of anilines is 1. The predicted molar refractivity (Wildman–Crippen MR) is 114 cm³/mol. The lowest BCUT2D eigenvalue weighted by atomic mass is 10.1. The molecule has 0 saturated carbocycles. The summed E-state index contributed by atoms with van der Waals surface area (Å²) >= 11 is 7.30. The van der Waals surface area contributed by atoms with Crippen molar-refractivity contribution in [1.82, 2.24) is 14.8 Å². The lowest BCUT2D eigenvalue weighted by molar-refractivity contribution is -0.113. The van der Waals surface area contributed by atoms with E-state index in [4.69, 9.17) is 16.3 Å². The predicted octanol–water partition coefficient (Wildman–Crippen LogP) is 2.76. The number of ether oxygens (including phenoxy) is 1. The zero-order valence-corrected chi connectivity index (χ0v) is 18.2. The highest BCUT2D eigenvalue weighted by molar-refractivity contribution is 7.99. The van der Waals surface area contributed by atoms with Crippen molar-refractivity contribution in [3.8, 4) is 5.75 Å². The minimum atomic E-state index is -3.03. The third-order valence-corrected chi connectivity index (χ3v) is 7.45. The average Bonchev–Trinajstić information content (AvgIpc) is 3.23. The zero-order valence-electron chi connectivity index (χ0n) is 15.8. The van der Waals surface area contributed by atoms with Gasteiger partial charge < -0.3 is 14.6 Å². The molecule has 1 amide bonds. The van der Waals surface area contributed by atoms with Crippen molar-refractivity contribution in [3.63, 3.8) is 0 Å². The Hall–Kier alpha value is -2.04. The molecule has 8 nitrogen and oxygen atoms in total. The van der Waals surface area contributed by atoms with Crippen LogP contribution >= 0.6 is 23.4 Å². The number of amides is 1. The van der Waals surface area contributed by atoms with Gasteiger partial charge in [-0.15, -0.1) is 16.8 Å². The standard InChI is InChI=1S/C18H21ClN4O4S2/c1-3-7-23-17(12-6-8-29(25,26)11-12)21-22-18(23)28-10-16(24)20-13-4-5-15(27-2)14(19)9-13/h3-5,9,12H,1,6-8,10-11H2,2H3,(H,20,24). The van der Waals surface area contributed by atoms with Gasteiger partial charge in [0.2, 0.25) is 5.91 Å². The number of methoxy groups -OCH3 is 1. The van der Waals surface area contributed by atoms with E-state index in [1.165, 1.54) is 18.9 Å².